The van der Waals surface area contributed by atoms with Gasteiger partial charge in [-0.05, 0) is 45.1 Å². The van der Waals surface area contributed by atoms with E-state index in [1.54, 1.807) is 4.90 Å². The molecule has 2 aliphatic heterocycles. The van der Waals surface area contributed by atoms with Crippen molar-refractivity contribution >= 4 is 23.6 Å². The molecular formula is C25H33N3O4. The number of aryl methyl sites for hydroxylation is 2. The topological polar surface area (TPSA) is 86.8 Å². The summed E-state index contributed by atoms with van der Waals surface area (Å²) in [5, 5.41) is 2.89. The molecule has 32 heavy (non-hydrogen) atoms. The predicted molar refractivity (Wildman–Crippen MR) is 120 cm³/mol. The molecule has 0 aromatic heterocycles. The smallest absolute Gasteiger partial charge is 0.325 e. The molecule has 3 fully saturated rings. The minimum Gasteiger partial charge on any atom is -0.343 e. The maximum atomic E-state index is 12.9. The first-order valence-corrected chi connectivity index (χ1v) is 11.8. The third-order valence-corrected chi connectivity index (χ3v) is 7.37. The molecule has 0 unspecified atom stereocenters. The van der Waals surface area contributed by atoms with E-state index in [1.807, 2.05) is 32.0 Å². The minimum atomic E-state index is -0.745. The molecule has 1 aromatic rings. The number of imide groups is 1. The van der Waals surface area contributed by atoms with Crippen LogP contribution in [0.25, 0.3) is 0 Å². The van der Waals surface area contributed by atoms with Crippen LogP contribution >= 0.6 is 0 Å². The Morgan fingerprint density at radius 2 is 1.75 bits per heavy atom. The number of carbonyl (C=O) groups is 4. The van der Waals surface area contributed by atoms with Crippen LogP contribution in [-0.4, -0.2) is 58.6 Å². The van der Waals surface area contributed by atoms with Crippen LogP contribution in [0.1, 0.15) is 72.9 Å². The van der Waals surface area contributed by atoms with Gasteiger partial charge in [-0.2, -0.15) is 0 Å². The van der Waals surface area contributed by atoms with Crippen molar-refractivity contribution in [1.82, 2.24) is 15.1 Å². The van der Waals surface area contributed by atoms with Gasteiger partial charge in [0, 0.05) is 37.5 Å². The molecule has 1 saturated carbocycles. The van der Waals surface area contributed by atoms with E-state index in [2.05, 4.69) is 5.32 Å². The van der Waals surface area contributed by atoms with Crippen molar-refractivity contribution in [3.05, 3.63) is 34.9 Å². The van der Waals surface area contributed by atoms with Crippen molar-refractivity contribution in [2.75, 3.05) is 19.6 Å². The minimum absolute atomic E-state index is 0.0624. The fourth-order valence-corrected chi connectivity index (χ4v) is 5.44. The maximum absolute atomic E-state index is 12.9. The molecule has 7 nitrogen and oxygen atoms in total. The molecule has 172 valence electrons. The molecule has 1 N–H and O–H groups in total. The second-order valence-electron chi connectivity index (χ2n) is 9.62. The zero-order valence-electron chi connectivity index (χ0n) is 19.1. The number of amides is 4. The predicted octanol–water partition coefficient (Wildman–Crippen LogP) is 3.37. The Labute approximate surface area is 189 Å². The van der Waals surface area contributed by atoms with Gasteiger partial charge in [0.25, 0.3) is 5.91 Å². The molecule has 2 saturated heterocycles. The van der Waals surface area contributed by atoms with Crippen LogP contribution in [-0.2, 0) is 9.59 Å². The number of urea groups is 1. The number of benzene rings is 1. The maximum Gasteiger partial charge on any atom is 0.325 e. The molecule has 1 aromatic carbocycles. The van der Waals surface area contributed by atoms with Crippen molar-refractivity contribution in [2.45, 2.75) is 70.8 Å². The third-order valence-electron chi connectivity index (χ3n) is 7.37. The highest BCUT2D eigenvalue weighted by atomic mass is 16.2. The van der Waals surface area contributed by atoms with Crippen molar-refractivity contribution < 1.29 is 19.2 Å². The van der Waals surface area contributed by atoms with Gasteiger partial charge in [0.2, 0.25) is 5.91 Å². The van der Waals surface area contributed by atoms with Gasteiger partial charge in [0.1, 0.15) is 5.54 Å². The first-order chi connectivity index (χ1) is 15.3. The summed E-state index contributed by atoms with van der Waals surface area (Å²) in [5.41, 5.74) is 2.16. The summed E-state index contributed by atoms with van der Waals surface area (Å²) in [6, 6.07) is 5.52. The first-order valence-electron chi connectivity index (χ1n) is 11.8. The summed E-state index contributed by atoms with van der Waals surface area (Å²) in [6.07, 6.45) is 5.75. The largest absolute Gasteiger partial charge is 0.343 e. The highest BCUT2D eigenvalue weighted by Crippen LogP contribution is 2.33. The lowest BCUT2D eigenvalue weighted by Gasteiger charge is -2.32. The molecule has 1 spiro atoms. The number of rotatable bonds is 5. The molecule has 0 bridgehead atoms. The van der Waals surface area contributed by atoms with E-state index in [0.717, 1.165) is 36.0 Å². The lowest BCUT2D eigenvalue weighted by molar-refractivity contribution is -0.135. The highest BCUT2D eigenvalue weighted by molar-refractivity contribution is 6.07. The standard InChI is InChI=1S/C25H33N3O4/c1-17-6-7-20(18(2)16-17)22(30)19-8-13-27(14-9-19)21(29)10-15-28-23(31)25(26-24(28)32)11-4-3-5-12-25/h6-7,16,19H,3-5,8-15H2,1-2H3,(H,26,32). The van der Waals surface area contributed by atoms with Gasteiger partial charge < -0.3 is 10.2 Å². The Kier molecular flexibility index (Phi) is 6.35. The number of nitrogens with zero attached hydrogens (tertiary/aromatic N) is 2. The van der Waals surface area contributed by atoms with Crippen molar-refractivity contribution in [2.24, 2.45) is 5.92 Å². The van der Waals surface area contributed by atoms with E-state index >= 15 is 0 Å². The average Bonchev–Trinajstić information content (AvgIpc) is 3.01. The van der Waals surface area contributed by atoms with Crippen LogP contribution in [0.4, 0.5) is 4.79 Å². The quantitative estimate of drug-likeness (QED) is 0.563. The molecule has 2 heterocycles. The van der Waals surface area contributed by atoms with Gasteiger partial charge in [-0.15, -0.1) is 0 Å². The number of carbonyl (C=O) groups excluding carboxylic acids is 4. The normalized spacial score (nSPS) is 21.2. The lowest BCUT2D eigenvalue weighted by atomic mass is 9.82. The van der Waals surface area contributed by atoms with Gasteiger partial charge in [-0.3, -0.25) is 19.3 Å². The second kappa shape index (κ2) is 9.04. The zero-order valence-corrected chi connectivity index (χ0v) is 19.1. The average molecular weight is 440 g/mol. The number of hydrogen-bond donors (Lipinski definition) is 1. The molecule has 1 aliphatic carbocycles. The van der Waals surface area contributed by atoms with E-state index < -0.39 is 5.54 Å². The van der Waals surface area contributed by atoms with Gasteiger partial charge in [0.05, 0.1) is 0 Å². The summed E-state index contributed by atoms with van der Waals surface area (Å²) in [7, 11) is 0. The van der Waals surface area contributed by atoms with E-state index in [-0.39, 0.29) is 42.5 Å². The van der Waals surface area contributed by atoms with Crippen LogP contribution < -0.4 is 5.32 Å². The zero-order chi connectivity index (χ0) is 22.9. The van der Waals surface area contributed by atoms with Crippen LogP contribution in [0.3, 0.4) is 0 Å². The SMILES string of the molecule is Cc1ccc(C(=O)C2CCN(C(=O)CCN3C(=O)NC4(CCCCC4)C3=O)CC2)c(C)c1. The number of likely N-dealkylation sites (tertiary alicyclic amines) is 1. The molecular weight excluding hydrogens is 406 g/mol. The monoisotopic (exact) mass is 439 g/mol. The van der Waals surface area contributed by atoms with Gasteiger partial charge >= 0.3 is 6.03 Å². The van der Waals surface area contributed by atoms with Gasteiger partial charge in [0.15, 0.2) is 5.78 Å². The Morgan fingerprint density at radius 1 is 1.06 bits per heavy atom. The molecule has 0 atom stereocenters. The summed E-state index contributed by atoms with van der Waals surface area (Å²) in [5.74, 6) is -0.148. The van der Waals surface area contributed by atoms with E-state index in [4.69, 9.17) is 0 Å². The van der Waals surface area contributed by atoms with E-state index in [0.29, 0.717) is 38.8 Å². The highest BCUT2D eigenvalue weighted by Gasteiger charge is 2.51. The van der Waals surface area contributed by atoms with E-state index in [9.17, 15) is 19.2 Å². The summed E-state index contributed by atoms with van der Waals surface area (Å²) >= 11 is 0. The molecule has 3 aliphatic rings. The number of piperidine rings is 1. The lowest BCUT2D eigenvalue weighted by Crippen LogP contribution is -2.48. The molecule has 4 amide bonds. The molecule has 0 radical (unpaired) electrons. The Hall–Kier alpha value is -2.70. The molecule has 7 heteroatoms. The van der Waals surface area contributed by atoms with Gasteiger partial charge in [-0.25, -0.2) is 4.79 Å². The number of nitrogens with one attached hydrogen (secondary N) is 1. The van der Waals surface area contributed by atoms with Crippen LogP contribution in [0.15, 0.2) is 18.2 Å². The molecule has 4 rings (SSSR count). The van der Waals surface area contributed by atoms with Crippen LogP contribution in [0.2, 0.25) is 0 Å². The fourth-order valence-electron chi connectivity index (χ4n) is 5.44. The number of ketones is 1. The van der Waals surface area contributed by atoms with Gasteiger partial charge in [-0.1, -0.05) is 43.0 Å². The van der Waals surface area contributed by atoms with Crippen LogP contribution in [0.5, 0.6) is 0 Å². The Bertz CT molecular complexity index is 927. The first kappa shape index (κ1) is 22.5. The summed E-state index contributed by atoms with van der Waals surface area (Å²) < 4.78 is 0. The van der Waals surface area contributed by atoms with Crippen molar-refractivity contribution in [1.29, 1.82) is 0 Å². The third kappa shape index (κ3) is 4.30. The van der Waals surface area contributed by atoms with E-state index in [1.165, 1.54) is 4.90 Å². The Balaban J connectivity index is 1.28. The number of hydrogen-bond acceptors (Lipinski definition) is 4. The van der Waals surface area contributed by atoms with Crippen molar-refractivity contribution in [3.63, 3.8) is 0 Å². The summed E-state index contributed by atoms with van der Waals surface area (Å²) in [4.78, 5) is 53.9. The van der Waals surface area contributed by atoms with Crippen molar-refractivity contribution in [3.8, 4) is 0 Å². The summed E-state index contributed by atoms with van der Waals surface area (Å²) in [6.45, 7) is 5.16. The second-order valence-corrected chi connectivity index (χ2v) is 9.62. The Morgan fingerprint density at radius 3 is 2.41 bits per heavy atom. The fraction of sp³-hybridized carbons (Fsp3) is 0.600. The van der Waals surface area contributed by atoms with Crippen LogP contribution in [0, 0.1) is 19.8 Å². The number of Topliss-reactive ketones (excluding diaryl/α,β-unsaturated/α-hetero) is 1.